The molecule has 16 heavy (non-hydrogen) atoms. The van der Waals surface area contributed by atoms with Crippen LogP contribution in [0.5, 0.6) is 0 Å². The van der Waals surface area contributed by atoms with Gasteiger partial charge < -0.3 is 0 Å². The number of fused-ring (bicyclic) bond motifs is 1. The van der Waals surface area contributed by atoms with Crippen LogP contribution in [0.15, 0.2) is 0 Å². The molecule has 0 atom stereocenters. The summed E-state index contributed by atoms with van der Waals surface area (Å²) in [7, 11) is 0. The maximum atomic E-state index is 4.65. The lowest BCUT2D eigenvalue weighted by atomic mass is 10.1. The topological polar surface area (TPSA) is 38.7 Å². The fourth-order valence-corrected chi connectivity index (χ4v) is 2.43. The second kappa shape index (κ2) is 4.09. The Hall–Kier alpha value is -1.03. The van der Waals surface area contributed by atoms with Gasteiger partial charge in [0.2, 0.25) is 0 Å². The molecule has 4 heteroatoms. The van der Waals surface area contributed by atoms with E-state index in [0.717, 1.165) is 26.9 Å². The van der Waals surface area contributed by atoms with Crippen molar-refractivity contribution in [3.63, 3.8) is 0 Å². The molecule has 0 saturated carbocycles. The molecule has 2 aromatic heterocycles. The first-order valence-electron chi connectivity index (χ1n) is 5.64. The number of aromatic nitrogens is 3. The highest BCUT2D eigenvalue weighted by Gasteiger charge is 2.15. The van der Waals surface area contributed by atoms with Gasteiger partial charge in [0, 0.05) is 5.92 Å². The molecule has 0 fully saturated rings. The average Bonchev–Trinajstić information content (AvgIpc) is 2.55. The van der Waals surface area contributed by atoms with Gasteiger partial charge in [-0.15, -0.1) is 0 Å². The van der Waals surface area contributed by atoms with Crippen LogP contribution in [0.1, 0.15) is 56.1 Å². The molecule has 0 aromatic carbocycles. The van der Waals surface area contributed by atoms with Crippen molar-refractivity contribution >= 4 is 21.7 Å². The summed E-state index contributed by atoms with van der Waals surface area (Å²) in [6, 6.07) is 0. The molecule has 0 aliphatic rings. The van der Waals surface area contributed by atoms with Crippen LogP contribution in [0.3, 0.4) is 0 Å². The Balaban J connectivity index is 2.73. The molecule has 86 valence electrons. The van der Waals surface area contributed by atoms with Crippen LogP contribution in [0.25, 0.3) is 10.3 Å². The minimum atomic E-state index is 0.365. The largest absolute Gasteiger partial charge is 0.238 e. The number of rotatable bonds is 2. The Labute approximate surface area is 100.0 Å². The quantitative estimate of drug-likeness (QED) is 0.797. The van der Waals surface area contributed by atoms with Crippen molar-refractivity contribution in [1.29, 1.82) is 0 Å². The van der Waals surface area contributed by atoms with E-state index in [1.807, 2.05) is 6.92 Å². The molecule has 3 nitrogen and oxygen atoms in total. The molecule has 0 amide bonds. The lowest BCUT2D eigenvalue weighted by molar-refractivity contribution is 0.742. The maximum Gasteiger partial charge on any atom is 0.147 e. The Kier molecular flexibility index (Phi) is 2.93. The smallest absolute Gasteiger partial charge is 0.147 e. The number of thiazole rings is 1. The molecular weight excluding hydrogens is 218 g/mol. The summed E-state index contributed by atoms with van der Waals surface area (Å²) in [5.74, 6) is 1.69. The summed E-state index contributed by atoms with van der Waals surface area (Å²) >= 11 is 1.65. The summed E-state index contributed by atoms with van der Waals surface area (Å²) < 4.78 is 0. The van der Waals surface area contributed by atoms with E-state index in [9.17, 15) is 0 Å². The Morgan fingerprint density at radius 1 is 0.938 bits per heavy atom. The maximum absolute atomic E-state index is 4.65. The molecule has 0 aliphatic carbocycles. The normalized spacial score (nSPS) is 11.9. The molecule has 0 N–H and O–H groups in total. The van der Waals surface area contributed by atoms with Crippen molar-refractivity contribution < 1.29 is 0 Å². The van der Waals surface area contributed by atoms with Crippen LogP contribution in [0, 0.1) is 6.92 Å². The lowest BCUT2D eigenvalue weighted by Crippen LogP contribution is -2.03. The number of hydrogen-bond acceptors (Lipinski definition) is 4. The number of aryl methyl sites for hydroxylation is 1. The van der Waals surface area contributed by atoms with E-state index in [4.69, 9.17) is 0 Å². The molecule has 0 unspecified atom stereocenters. The second-order valence-electron chi connectivity index (χ2n) is 4.66. The van der Waals surface area contributed by atoms with Crippen molar-refractivity contribution in [3.05, 3.63) is 16.5 Å². The van der Waals surface area contributed by atoms with E-state index in [0.29, 0.717) is 11.8 Å². The minimum absolute atomic E-state index is 0.365. The predicted molar refractivity (Wildman–Crippen MR) is 68.1 cm³/mol. The van der Waals surface area contributed by atoms with Gasteiger partial charge in [-0.2, -0.15) is 0 Å². The Morgan fingerprint density at radius 3 is 2.19 bits per heavy atom. The van der Waals surface area contributed by atoms with Gasteiger partial charge in [-0.25, -0.2) is 15.0 Å². The van der Waals surface area contributed by atoms with E-state index in [2.05, 4.69) is 42.6 Å². The molecule has 0 spiro atoms. The fraction of sp³-hybridized carbons (Fsp3) is 0.583. The van der Waals surface area contributed by atoms with Gasteiger partial charge in [-0.1, -0.05) is 39.0 Å². The summed E-state index contributed by atoms with van der Waals surface area (Å²) in [5, 5.41) is 1.06. The first-order chi connectivity index (χ1) is 7.49. The molecule has 2 heterocycles. The van der Waals surface area contributed by atoms with Crippen molar-refractivity contribution in [2.24, 2.45) is 0 Å². The van der Waals surface area contributed by atoms with Crippen molar-refractivity contribution in [2.75, 3.05) is 0 Å². The second-order valence-corrected chi connectivity index (χ2v) is 5.84. The molecule has 0 saturated heterocycles. The molecule has 2 rings (SSSR count). The van der Waals surface area contributed by atoms with E-state index >= 15 is 0 Å². The van der Waals surface area contributed by atoms with Gasteiger partial charge in [-0.3, -0.25) is 0 Å². The molecule has 2 aromatic rings. The zero-order valence-corrected chi connectivity index (χ0v) is 11.2. The van der Waals surface area contributed by atoms with Crippen LogP contribution in [0.4, 0.5) is 0 Å². The Bertz CT molecular complexity index is 514. The zero-order valence-electron chi connectivity index (χ0n) is 10.4. The van der Waals surface area contributed by atoms with Crippen LogP contribution < -0.4 is 0 Å². The summed E-state index contributed by atoms with van der Waals surface area (Å²) in [5.41, 5.74) is 2.07. The van der Waals surface area contributed by atoms with Crippen molar-refractivity contribution in [2.45, 2.75) is 46.5 Å². The van der Waals surface area contributed by atoms with Crippen LogP contribution in [-0.2, 0) is 0 Å². The number of nitrogens with zero attached hydrogens (tertiary/aromatic N) is 3. The standard InChI is InChI=1S/C12H17N3S/c1-6(2)9-10-12(16-8(5)13-10)15-11(14-9)7(3)4/h6-7H,1-5H3. The van der Waals surface area contributed by atoms with Gasteiger partial charge in [0.1, 0.15) is 16.2 Å². The average molecular weight is 235 g/mol. The molecular formula is C12H17N3S. The molecule has 0 bridgehead atoms. The highest BCUT2D eigenvalue weighted by Crippen LogP contribution is 2.27. The van der Waals surface area contributed by atoms with Gasteiger partial charge in [0.15, 0.2) is 0 Å². The van der Waals surface area contributed by atoms with E-state index in [1.165, 1.54) is 0 Å². The number of hydrogen-bond donors (Lipinski definition) is 0. The van der Waals surface area contributed by atoms with Gasteiger partial charge in [-0.05, 0) is 12.8 Å². The third-order valence-electron chi connectivity index (χ3n) is 2.47. The summed E-state index contributed by atoms with van der Waals surface area (Å²) in [4.78, 5) is 14.8. The fourth-order valence-electron chi connectivity index (χ4n) is 1.63. The lowest BCUT2D eigenvalue weighted by Gasteiger charge is -2.09. The van der Waals surface area contributed by atoms with Crippen LogP contribution >= 0.6 is 11.3 Å². The van der Waals surface area contributed by atoms with E-state index in [1.54, 1.807) is 11.3 Å². The summed E-state index contributed by atoms with van der Waals surface area (Å²) in [6.07, 6.45) is 0. The Morgan fingerprint density at radius 2 is 1.62 bits per heavy atom. The van der Waals surface area contributed by atoms with Crippen molar-refractivity contribution in [3.8, 4) is 0 Å². The van der Waals surface area contributed by atoms with Gasteiger partial charge >= 0.3 is 0 Å². The van der Waals surface area contributed by atoms with Crippen LogP contribution in [-0.4, -0.2) is 15.0 Å². The highest BCUT2D eigenvalue weighted by atomic mass is 32.1. The third-order valence-corrected chi connectivity index (χ3v) is 3.34. The van der Waals surface area contributed by atoms with Crippen LogP contribution in [0.2, 0.25) is 0 Å². The minimum Gasteiger partial charge on any atom is -0.238 e. The van der Waals surface area contributed by atoms with Crippen molar-refractivity contribution in [1.82, 2.24) is 15.0 Å². The first kappa shape index (κ1) is 11.5. The van der Waals surface area contributed by atoms with Gasteiger partial charge in [0.25, 0.3) is 0 Å². The van der Waals surface area contributed by atoms with E-state index in [-0.39, 0.29) is 0 Å². The predicted octanol–water partition coefficient (Wildman–Crippen LogP) is 3.64. The molecule has 0 radical (unpaired) electrons. The zero-order chi connectivity index (χ0) is 11.9. The molecule has 0 aliphatic heterocycles. The highest BCUT2D eigenvalue weighted by molar-refractivity contribution is 7.18. The summed E-state index contributed by atoms with van der Waals surface area (Å²) in [6.45, 7) is 10.6. The van der Waals surface area contributed by atoms with Gasteiger partial charge in [0.05, 0.1) is 10.7 Å². The third kappa shape index (κ3) is 1.94. The monoisotopic (exact) mass is 235 g/mol. The SMILES string of the molecule is Cc1nc2c(C(C)C)nc(C(C)C)nc2s1. The first-order valence-corrected chi connectivity index (χ1v) is 6.45. The van der Waals surface area contributed by atoms with E-state index < -0.39 is 0 Å².